The molecule has 6 N–H and O–H groups in total. The van der Waals surface area contributed by atoms with Crippen molar-refractivity contribution in [2.45, 2.75) is 91.4 Å². The van der Waals surface area contributed by atoms with Crippen molar-refractivity contribution in [3.05, 3.63) is 59.8 Å². The van der Waals surface area contributed by atoms with E-state index in [9.17, 15) is 9.59 Å². The van der Waals surface area contributed by atoms with Crippen LogP contribution in [0.1, 0.15) is 102 Å². The lowest BCUT2D eigenvalue weighted by molar-refractivity contribution is -0.137. The van der Waals surface area contributed by atoms with E-state index >= 15 is 0 Å². The Hall–Kier alpha value is -5.96. The van der Waals surface area contributed by atoms with Crippen LogP contribution >= 0.6 is 12.4 Å². The third-order valence-corrected chi connectivity index (χ3v) is 13.9. The summed E-state index contributed by atoms with van der Waals surface area (Å²) >= 11 is 0. The average Bonchev–Trinajstić information content (AvgIpc) is 4.20. The highest BCUT2D eigenvalue weighted by Crippen LogP contribution is 2.29. The van der Waals surface area contributed by atoms with E-state index in [2.05, 4.69) is 100 Å². The number of para-hydroxylation sites is 1. The van der Waals surface area contributed by atoms with E-state index in [1.807, 2.05) is 40.4 Å². The first-order chi connectivity index (χ1) is 35.4. The molecule has 0 saturated carbocycles. The number of carbonyl (C=O) groups is 2. The number of benzene rings is 1. The Morgan fingerprint density at radius 2 is 1.34 bits per heavy atom. The van der Waals surface area contributed by atoms with Gasteiger partial charge in [-0.25, -0.2) is 9.36 Å². The SMILES string of the molecule is C#CCOCCOCCOCCNc1nc(N2CCN(C(=O)[C@H]([C@@H](C)CC)n3cc([C@@H](N)CC(C)C)nn3)CC2)nc(N2CCN(C(=O)[C@H](Cc3cc4ccccc4[nH]3)n3cc([C@@H](N)C(C)CC)nn3)CC2)n1.Cl. The van der Waals surface area contributed by atoms with Crippen LogP contribution in [0.4, 0.5) is 17.8 Å². The van der Waals surface area contributed by atoms with Crippen molar-refractivity contribution in [2.75, 3.05) is 114 Å². The Morgan fingerprint density at radius 1 is 0.757 bits per heavy atom. The number of anilines is 3. The van der Waals surface area contributed by atoms with Crippen molar-refractivity contribution in [3.8, 4) is 12.3 Å². The molecule has 0 aliphatic carbocycles. The molecule has 7 rings (SSSR count). The van der Waals surface area contributed by atoms with Gasteiger partial charge in [0.05, 0.1) is 68.9 Å². The second-order valence-electron chi connectivity index (χ2n) is 19.6. The lowest BCUT2D eigenvalue weighted by Gasteiger charge is -2.38. The molecule has 2 aliphatic rings. The Bertz CT molecular complexity index is 2520. The fourth-order valence-corrected chi connectivity index (χ4v) is 9.13. The molecule has 0 spiro atoms. The quantitative estimate of drug-likeness (QED) is 0.0424. The van der Waals surface area contributed by atoms with Gasteiger partial charge in [0.25, 0.3) is 0 Å². The number of aromatic amines is 1. The molecule has 6 atom stereocenters. The summed E-state index contributed by atoms with van der Waals surface area (Å²) in [4.78, 5) is 55.3. The van der Waals surface area contributed by atoms with E-state index in [0.29, 0.717) is 134 Å². The molecular formula is C51H78ClN17O5. The van der Waals surface area contributed by atoms with E-state index in [1.165, 1.54) is 0 Å². The zero-order chi connectivity index (χ0) is 51.9. The summed E-state index contributed by atoms with van der Waals surface area (Å²) in [7, 11) is 0. The topological polar surface area (TPSA) is 255 Å². The maximum atomic E-state index is 14.7. The first kappa shape index (κ1) is 57.3. The summed E-state index contributed by atoms with van der Waals surface area (Å²) in [6.07, 6.45) is 11.8. The maximum Gasteiger partial charge on any atom is 0.248 e. The molecule has 404 valence electrons. The van der Waals surface area contributed by atoms with Gasteiger partial charge in [0.15, 0.2) is 0 Å². The van der Waals surface area contributed by atoms with E-state index in [0.717, 1.165) is 35.9 Å². The van der Waals surface area contributed by atoms with E-state index in [-0.39, 0.29) is 54.7 Å². The van der Waals surface area contributed by atoms with Crippen LogP contribution in [-0.2, 0) is 30.2 Å². The number of fused-ring (bicyclic) bond motifs is 1. The predicted molar refractivity (Wildman–Crippen MR) is 287 cm³/mol. The van der Waals surface area contributed by atoms with Crippen LogP contribution in [0.3, 0.4) is 0 Å². The minimum atomic E-state index is -0.654. The molecule has 0 radical (unpaired) electrons. The zero-order valence-electron chi connectivity index (χ0n) is 44.0. The molecule has 2 saturated heterocycles. The van der Waals surface area contributed by atoms with Crippen molar-refractivity contribution in [3.63, 3.8) is 0 Å². The fraction of sp³-hybridized carbons (Fsp3) is 0.627. The van der Waals surface area contributed by atoms with Crippen LogP contribution in [0.2, 0.25) is 0 Å². The molecule has 5 aromatic rings. The van der Waals surface area contributed by atoms with Crippen LogP contribution in [0.15, 0.2) is 42.7 Å². The smallest absolute Gasteiger partial charge is 0.248 e. The molecule has 74 heavy (non-hydrogen) atoms. The number of ether oxygens (including phenoxy) is 3. The van der Waals surface area contributed by atoms with Crippen LogP contribution in [0.5, 0.6) is 0 Å². The van der Waals surface area contributed by atoms with E-state index < -0.39 is 12.1 Å². The van der Waals surface area contributed by atoms with Crippen LogP contribution in [0, 0.1) is 30.1 Å². The third-order valence-electron chi connectivity index (χ3n) is 13.9. The number of nitrogens with one attached hydrogen (secondary N) is 2. The number of aromatic nitrogens is 10. The van der Waals surface area contributed by atoms with Crippen molar-refractivity contribution >= 4 is 53.0 Å². The highest BCUT2D eigenvalue weighted by molar-refractivity contribution is 5.85. The van der Waals surface area contributed by atoms with Crippen molar-refractivity contribution in [2.24, 2.45) is 29.2 Å². The fourth-order valence-electron chi connectivity index (χ4n) is 9.13. The molecule has 6 heterocycles. The summed E-state index contributed by atoms with van der Waals surface area (Å²) in [5.74, 6) is 4.37. The second-order valence-corrected chi connectivity index (χ2v) is 19.6. The van der Waals surface area contributed by atoms with Gasteiger partial charge in [-0.3, -0.25) is 9.59 Å². The zero-order valence-corrected chi connectivity index (χ0v) is 44.8. The first-order valence-corrected chi connectivity index (χ1v) is 26.0. The van der Waals surface area contributed by atoms with Crippen LogP contribution in [0.25, 0.3) is 10.9 Å². The Balaban J connectivity index is 0.00000892. The molecule has 22 nitrogen and oxygen atoms in total. The van der Waals surface area contributed by atoms with Crippen LogP contribution < -0.4 is 26.6 Å². The lowest BCUT2D eigenvalue weighted by atomic mass is 9.97. The number of nitrogens with two attached hydrogens (primary N) is 2. The number of nitrogens with zero attached hydrogens (tertiary/aromatic N) is 13. The summed E-state index contributed by atoms with van der Waals surface area (Å²) in [6.45, 7) is 19.1. The largest absolute Gasteiger partial charge is 0.377 e. The van der Waals surface area contributed by atoms with E-state index in [1.54, 1.807) is 9.36 Å². The Labute approximate surface area is 441 Å². The summed E-state index contributed by atoms with van der Waals surface area (Å²) in [5.41, 5.74) is 16.3. The molecule has 1 unspecified atom stereocenters. The van der Waals surface area contributed by atoms with Crippen molar-refractivity contribution in [1.82, 2.24) is 59.7 Å². The van der Waals surface area contributed by atoms with Crippen molar-refractivity contribution < 1.29 is 23.8 Å². The number of H-pyrrole nitrogens is 1. The minimum absolute atomic E-state index is 0. The highest BCUT2D eigenvalue weighted by Gasteiger charge is 2.35. The summed E-state index contributed by atoms with van der Waals surface area (Å²) < 4.78 is 20.0. The summed E-state index contributed by atoms with van der Waals surface area (Å²) in [5, 5.41) is 22.2. The van der Waals surface area contributed by atoms with Crippen LogP contribution in [-0.4, -0.2) is 170 Å². The van der Waals surface area contributed by atoms with Gasteiger partial charge < -0.3 is 55.6 Å². The molecule has 2 amide bonds. The van der Waals surface area contributed by atoms with Gasteiger partial charge in [0, 0.05) is 76.5 Å². The molecule has 4 aromatic heterocycles. The second kappa shape index (κ2) is 28.1. The van der Waals surface area contributed by atoms with Gasteiger partial charge in [-0.15, -0.1) is 29.0 Å². The number of hydrogen-bond donors (Lipinski definition) is 4. The highest BCUT2D eigenvalue weighted by atomic mass is 35.5. The Morgan fingerprint density at radius 3 is 1.96 bits per heavy atom. The third kappa shape index (κ3) is 15.1. The van der Waals surface area contributed by atoms with Gasteiger partial charge in [0.1, 0.15) is 18.7 Å². The van der Waals surface area contributed by atoms with Gasteiger partial charge in [0.2, 0.25) is 29.7 Å². The first-order valence-electron chi connectivity index (χ1n) is 26.0. The summed E-state index contributed by atoms with van der Waals surface area (Å²) in [6, 6.07) is 8.44. The molecule has 2 fully saturated rings. The molecule has 1 aromatic carbocycles. The van der Waals surface area contributed by atoms with Gasteiger partial charge in [-0.2, -0.15) is 15.0 Å². The van der Waals surface area contributed by atoms with Gasteiger partial charge >= 0.3 is 0 Å². The molecule has 23 heteroatoms. The monoisotopic (exact) mass is 1040 g/mol. The maximum absolute atomic E-state index is 14.7. The van der Waals surface area contributed by atoms with Gasteiger partial charge in [-0.05, 0) is 41.7 Å². The van der Waals surface area contributed by atoms with Crippen molar-refractivity contribution in [1.29, 1.82) is 0 Å². The Kier molecular flexibility index (Phi) is 21.8. The average molecular weight is 1040 g/mol. The normalized spacial score (nSPS) is 16.6. The lowest BCUT2D eigenvalue weighted by Crippen LogP contribution is -2.52. The van der Waals surface area contributed by atoms with Gasteiger partial charge in [-0.1, -0.05) is 88.9 Å². The molecule has 0 bridgehead atoms. The standard InChI is InChI=1S/C51H77N17O5.ClH/c1-8-24-71-26-28-73-29-27-72-25-15-54-49-56-50(58-51(57-49)66-22-18-64(19-23-66)48(70)46(37(7)10-3)68-33-42(59-62-68)40(52)30-35(4)5)65-20-16-63(17-21-65)47(69)44(32-39-31-38-13-11-12-14-41(38)55-39)67-34-43(60-61-67)45(53)36(6)9-2;/h1,11-14,31,33-37,40,44-46,55H,9-10,15-30,32,52-53H2,2-7H3,(H,54,56,57,58);1H/t36?,37-,40-,44-,45-,46-;/m0./s1. The number of rotatable bonds is 27. The number of carbonyl (C=O) groups excluding carboxylic acids is 2. The predicted octanol–water partition coefficient (Wildman–Crippen LogP) is 4.21. The number of piperazine rings is 2. The number of terminal acetylenes is 1. The minimum Gasteiger partial charge on any atom is -0.377 e. The molecular weight excluding hydrogens is 966 g/mol. The van der Waals surface area contributed by atoms with E-state index in [4.69, 9.17) is 47.1 Å². The number of amides is 2. The number of hydrogen-bond acceptors (Lipinski definition) is 17. The number of halogens is 1. The molecule has 2 aliphatic heterocycles.